The first-order chi connectivity index (χ1) is 21.4. The number of benzene rings is 2. The number of halogens is 2. The minimum absolute atomic E-state index is 0.00556. The summed E-state index contributed by atoms with van der Waals surface area (Å²) in [6, 6.07) is 11.4. The quantitative estimate of drug-likeness (QED) is 0.119. The maximum absolute atomic E-state index is 14.4. The van der Waals surface area contributed by atoms with E-state index in [-0.39, 0.29) is 24.3 Å². The molecule has 0 spiro atoms. The second-order valence-electron chi connectivity index (χ2n) is 10.2. The van der Waals surface area contributed by atoms with Crippen molar-refractivity contribution in [2.45, 2.75) is 39.0 Å². The van der Waals surface area contributed by atoms with Crippen LogP contribution in [0.2, 0.25) is 0 Å². The zero-order valence-corrected chi connectivity index (χ0v) is 25.9. The molecule has 11 nitrogen and oxygen atoms in total. The fraction of sp³-hybridized carbons (Fsp3) is 0.226. The highest BCUT2D eigenvalue weighted by Crippen LogP contribution is 2.34. The Morgan fingerprint density at radius 1 is 1.09 bits per heavy atom. The van der Waals surface area contributed by atoms with Crippen LogP contribution in [0.5, 0.6) is 17.2 Å². The molecule has 0 radical (unpaired) electrons. The van der Waals surface area contributed by atoms with Gasteiger partial charge in [0.1, 0.15) is 47.5 Å². The van der Waals surface area contributed by atoms with Gasteiger partial charge < -0.3 is 20.1 Å². The van der Waals surface area contributed by atoms with Crippen LogP contribution in [-0.4, -0.2) is 53.1 Å². The number of rotatable bonds is 9. The van der Waals surface area contributed by atoms with Gasteiger partial charge in [-0.1, -0.05) is 6.08 Å². The van der Waals surface area contributed by atoms with E-state index in [2.05, 4.69) is 19.9 Å². The predicted molar refractivity (Wildman–Crippen MR) is 170 cm³/mol. The van der Waals surface area contributed by atoms with Gasteiger partial charge in [-0.05, 0) is 50.1 Å². The van der Waals surface area contributed by atoms with E-state index in [9.17, 15) is 9.18 Å². The lowest BCUT2D eigenvalue weighted by molar-refractivity contribution is -0.127. The summed E-state index contributed by atoms with van der Waals surface area (Å²) in [5.74, 6) is 0.911. The standard InChI is InChI=1S/C31H28FIN8O3/c1-2-4-26(42)40-10-3-5-22(40)16-41-30-27(29(34)37-18-38-30)28(39-41)20-6-8-23(9-7-20)44-25-12-21(32)11-24(13-25)43-17-19-14-35-31(33)36-15-19/h2,4,6-9,11-15,18,22H,3,5,10,16-17H2,1H3,(H2,34,37,38)/b4-2+/t22-/m1/s1. The molecule has 1 fully saturated rings. The number of amides is 1. The van der Waals surface area contributed by atoms with Crippen LogP contribution in [0.4, 0.5) is 10.2 Å². The molecule has 0 saturated carbocycles. The van der Waals surface area contributed by atoms with Crippen molar-refractivity contribution >= 4 is 45.3 Å². The summed E-state index contributed by atoms with van der Waals surface area (Å²) in [6.45, 7) is 3.21. The molecule has 5 aromatic rings. The van der Waals surface area contributed by atoms with Crippen LogP contribution in [0.25, 0.3) is 22.3 Å². The molecule has 1 saturated heterocycles. The highest BCUT2D eigenvalue weighted by Gasteiger charge is 2.29. The number of ether oxygens (including phenoxy) is 2. The van der Waals surface area contributed by atoms with Crippen molar-refractivity contribution in [3.05, 3.63) is 88.5 Å². The second-order valence-corrected chi connectivity index (χ2v) is 11.2. The number of anilines is 1. The van der Waals surface area contributed by atoms with E-state index in [1.807, 2.05) is 46.5 Å². The normalized spacial score (nSPS) is 14.9. The third kappa shape index (κ3) is 6.46. The summed E-state index contributed by atoms with van der Waals surface area (Å²) in [6.07, 6.45) is 9.89. The van der Waals surface area contributed by atoms with Crippen molar-refractivity contribution in [3.8, 4) is 28.5 Å². The average Bonchev–Trinajstić information content (AvgIpc) is 3.63. The van der Waals surface area contributed by atoms with Crippen LogP contribution in [0, 0.1) is 9.65 Å². The van der Waals surface area contributed by atoms with Gasteiger partial charge in [0, 0.05) is 70.9 Å². The molecular formula is C31H28FIN8O3. The highest BCUT2D eigenvalue weighted by molar-refractivity contribution is 14.1. The number of aromatic nitrogens is 6. The molecule has 3 aromatic heterocycles. The Kier molecular flexibility index (Phi) is 8.63. The minimum atomic E-state index is -0.492. The van der Waals surface area contributed by atoms with Crippen LogP contribution < -0.4 is 15.2 Å². The third-order valence-electron chi connectivity index (χ3n) is 7.20. The molecular weight excluding hydrogens is 678 g/mol. The Morgan fingerprint density at radius 2 is 1.86 bits per heavy atom. The number of allylic oxidation sites excluding steroid dienone is 1. The first-order valence-electron chi connectivity index (χ1n) is 14.0. The molecule has 1 aliphatic rings. The molecule has 1 aliphatic heterocycles. The summed E-state index contributed by atoms with van der Waals surface area (Å²) in [5, 5.41) is 5.51. The van der Waals surface area contributed by atoms with E-state index in [1.54, 1.807) is 47.4 Å². The smallest absolute Gasteiger partial charge is 0.246 e. The number of nitrogen functional groups attached to an aromatic ring is 1. The molecule has 224 valence electrons. The van der Waals surface area contributed by atoms with Gasteiger partial charge in [-0.2, -0.15) is 5.10 Å². The lowest BCUT2D eigenvalue weighted by Gasteiger charge is -2.23. The van der Waals surface area contributed by atoms with Crippen LogP contribution in [0.3, 0.4) is 0 Å². The minimum Gasteiger partial charge on any atom is -0.489 e. The highest BCUT2D eigenvalue weighted by atomic mass is 127. The van der Waals surface area contributed by atoms with Gasteiger partial charge in [-0.15, -0.1) is 0 Å². The molecule has 0 bridgehead atoms. The van der Waals surface area contributed by atoms with E-state index in [1.165, 1.54) is 18.5 Å². The van der Waals surface area contributed by atoms with Crippen molar-refractivity contribution in [3.63, 3.8) is 0 Å². The van der Waals surface area contributed by atoms with Crippen LogP contribution >= 0.6 is 22.6 Å². The molecule has 2 N–H and O–H groups in total. The molecule has 0 aliphatic carbocycles. The molecule has 6 rings (SSSR count). The van der Waals surface area contributed by atoms with Gasteiger partial charge in [0.2, 0.25) is 5.91 Å². The second kappa shape index (κ2) is 12.9. The van der Waals surface area contributed by atoms with Crippen molar-refractivity contribution in [2.75, 3.05) is 12.3 Å². The van der Waals surface area contributed by atoms with Crippen LogP contribution in [0.15, 0.2) is 73.3 Å². The number of carbonyl (C=O) groups is 1. The summed E-state index contributed by atoms with van der Waals surface area (Å²) < 4.78 is 28.5. The van der Waals surface area contributed by atoms with Crippen LogP contribution in [0.1, 0.15) is 25.3 Å². The Labute approximate surface area is 266 Å². The summed E-state index contributed by atoms with van der Waals surface area (Å²) in [7, 11) is 0. The summed E-state index contributed by atoms with van der Waals surface area (Å²) >= 11 is 2.02. The molecule has 2 aromatic carbocycles. The van der Waals surface area contributed by atoms with Crippen LogP contribution in [-0.2, 0) is 17.9 Å². The number of hydrogen-bond acceptors (Lipinski definition) is 9. The average molecular weight is 707 g/mol. The third-order valence-corrected chi connectivity index (χ3v) is 7.76. The number of nitrogens with two attached hydrogens (primary N) is 1. The van der Waals surface area contributed by atoms with E-state index in [4.69, 9.17) is 20.3 Å². The maximum atomic E-state index is 14.4. The Morgan fingerprint density at radius 3 is 2.64 bits per heavy atom. The van der Waals surface area contributed by atoms with Gasteiger partial charge >= 0.3 is 0 Å². The van der Waals surface area contributed by atoms with Gasteiger partial charge in [0.15, 0.2) is 9.48 Å². The molecule has 1 atom stereocenters. The number of likely N-dealkylation sites (tertiary alicyclic amines) is 1. The van der Waals surface area contributed by atoms with Crippen molar-refractivity contribution in [2.24, 2.45) is 0 Å². The number of carbonyl (C=O) groups excluding carboxylic acids is 1. The Balaban J connectivity index is 1.21. The van der Waals surface area contributed by atoms with E-state index < -0.39 is 5.82 Å². The first kappa shape index (κ1) is 29.4. The maximum Gasteiger partial charge on any atom is 0.246 e. The largest absolute Gasteiger partial charge is 0.489 e. The molecule has 0 unspecified atom stereocenters. The fourth-order valence-electron chi connectivity index (χ4n) is 5.19. The van der Waals surface area contributed by atoms with Gasteiger partial charge in [0.25, 0.3) is 0 Å². The van der Waals surface area contributed by atoms with E-state index in [0.29, 0.717) is 51.0 Å². The predicted octanol–water partition coefficient (Wildman–Crippen LogP) is 5.55. The number of nitrogens with zero attached hydrogens (tertiary/aromatic N) is 7. The monoisotopic (exact) mass is 706 g/mol. The van der Waals surface area contributed by atoms with Gasteiger partial charge in [0.05, 0.1) is 18.0 Å². The number of hydrogen-bond donors (Lipinski definition) is 1. The van der Waals surface area contributed by atoms with Crippen molar-refractivity contribution in [1.82, 2.24) is 34.6 Å². The van der Waals surface area contributed by atoms with E-state index >= 15 is 0 Å². The fourth-order valence-corrected chi connectivity index (χ4v) is 5.47. The van der Waals surface area contributed by atoms with Crippen molar-refractivity contribution < 1.29 is 18.7 Å². The molecule has 13 heteroatoms. The SMILES string of the molecule is C/C=C/C(=O)N1CCC[C@@H]1Cn1nc(-c2ccc(Oc3cc(F)cc(OCc4cnc(I)nc4)c3)cc2)c2c(N)ncnc21. The summed E-state index contributed by atoms with van der Waals surface area (Å²) in [4.78, 5) is 31.4. The molecule has 1 amide bonds. The lowest BCUT2D eigenvalue weighted by Crippen LogP contribution is -2.37. The molecule has 4 heterocycles. The first-order valence-corrected chi connectivity index (χ1v) is 15.0. The number of fused-ring (bicyclic) bond motifs is 1. The summed E-state index contributed by atoms with van der Waals surface area (Å²) in [5.41, 5.74) is 9.06. The van der Waals surface area contributed by atoms with Gasteiger partial charge in [-0.25, -0.2) is 29.0 Å². The van der Waals surface area contributed by atoms with E-state index in [0.717, 1.165) is 24.0 Å². The lowest BCUT2D eigenvalue weighted by atomic mass is 10.1. The Bertz CT molecular complexity index is 1830. The Hall–Kier alpha value is -4.66. The topological polar surface area (TPSA) is 134 Å². The zero-order valence-electron chi connectivity index (χ0n) is 23.7. The van der Waals surface area contributed by atoms with Crippen molar-refractivity contribution in [1.29, 1.82) is 0 Å². The van der Waals surface area contributed by atoms with Gasteiger partial charge in [-0.3, -0.25) is 4.79 Å². The molecule has 44 heavy (non-hydrogen) atoms. The zero-order chi connectivity index (χ0) is 30.6.